The molecular formula is C16H21N5O4. The number of carbonyl (C=O) groups excluding carboxylic acids is 1. The summed E-state index contributed by atoms with van der Waals surface area (Å²) in [4.78, 5) is 12.0. The summed E-state index contributed by atoms with van der Waals surface area (Å²) in [7, 11) is 1.62. The number of aliphatic hydroxyl groups is 1. The quantitative estimate of drug-likeness (QED) is 0.579. The molecule has 9 heteroatoms. The summed E-state index contributed by atoms with van der Waals surface area (Å²) < 4.78 is 10.5. The van der Waals surface area contributed by atoms with Crippen LogP contribution in [0.1, 0.15) is 11.3 Å². The van der Waals surface area contributed by atoms with E-state index in [-0.39, 0.29) is 12.6 Å². The number of hydrogen-bond donors (Lipinski definition) is 4. The SMILES string of the molecule is COc1ccc(C[C@H]2NC[C@H](O)[C@H]2OC(=O)NCc2cn[nH]n2)cc1. The molecule has 1 saturated heterocycles. The minimum absolute atomic E-state index is 0.166. The van der Waals surface area contributed by atoms with Gasteiger partial charge in [0, 0.05) is 6.54 Å². The van der Waals surface area contributed by atoms with Gasteiger partial charge in [-0.2, -0.15) is 15.4 Å². The van der Waals surface area contributed by atoms with Crippen molar-refractivity contribution in [1.82, 2.24) is 26.0 Å². The molecular weight excluding hydrogens is 326 g/mol. The van der Waals surface area contributed by atoms with Crippen LogP contribution in [0.25, 0.3) is 0 Å². The molecule has 1 aliphatic rings. The Hall–Kier alpha value is -2.65. The first-order valence-corrected chi connectivity index (χ1v) is 7.99. The Kier molecular flexibility index (Phi) is 5.46. The number of benzene rings is 1. The molecule has 1 aliphatic heterocycles. The molecule has 25 heavy (non-hydrogen) atoms. The Morgan fingerprint density at radius 2 is 2.20 bits per heavy atom. The largest absolute Gasteiger partial charge is 0.497 e. The van der Waals surface area contributed by atoms with Crippen molar-refractivity contribution in [3.63, 3.8) is 0 Å². The Labute approximate surface area is 144 Å². The number of nitrogens with one attached hydrogen (secondary N) is 3. The fourth-order valence-electron chi connectivity index (χ4n) is 2.78. The van der Waals surface area contributed by atoms with E-state index >= 15 is 0 Å². The van der Waals surface area contributed by atoms with E-state index < -0.39 is 18.3 Å². The second kappa shape index (κ2) is 7.95. The van der Waals surface area contributed by atoms with Crippen LogP contribution in [0, 0.1) is 0 Å². The molecule has 134 valence electrons. The first kappa shape index (κ1) is 17.2. The molecule has 0 spiro atoms. The van der Waals surface area contributed by atoms with Gasteiger partial charge in [0.05, 0.1) is 25.9 Å². The zero-order valence-corrected chi connectivity index (χ0v) is 13.8. The molecule has 2 aromatic rings. The Bertz CT molecular complexity index is 676. The van der Waals surface area contributed by atoms with Gasteiger partial charge < -0.3 is 25.2 Å². The van der Waals surface area contributed by atoms with Gasteiger partial charge in [-0.05, 0) is 24.1 Å². The van der Waals surface area contributed by atoms with Crippen LogP contribution in [-0.2, 0) is 17.7 Å². The lowest BCUT2D eigenvalue weighted by Gasteiger charge is -2.22. The Morgan fingerprint density at radius 3 is 2.88 bits per heavy atom. The molecule has 3 rings (SSSR count). The lowest BCUT2D eigenvalue weighted by molar-refractivity contribution is 0.0187. The number of methoxy groups -OCH3 is 1. The number of rotatable bonds is 6. The minimum atomic E-state index is -0.749. The maximum absolute atomic E-state index is 12.0. The highest BCUT2D eigenvalue weighted by Gasteiger charge is 2.37. The van der Waals surface area contributed by atoms with Gasteiger partial charge in [-0.3, -0.25) is 0 Å². The fourth-order valence-corrected chi connectivity index (χ4v) is 2.78. The second-order valence-electron chi connectivity index (χ2n) is 5.82. The standard InChI is InChI=1S/C16H21N5O4/c1-24-12-4-2-10(3-5-12)6-13-15(14(22)9-17-13)25-16(23)18-7-11-8-19-21-20-11/h2-5,8,13-15,17,22H,6-7,9H2,1H3,(H,18,23)(H,19,20,21)/t13-,14+,15+/m1/s1. The molecule has 1 amide bonds. The number of alkyl carbamates (subject to hydrolysis) is 1. The van der Waals surface area contributed by atoms with E-state index in [9.17, 15) is 9.90 Å². The molecule has 0 radical (unpaired) electrons. The molecule has 1 aromatic heterocycles. The third kappa shape index (κ3) is 4.46. The van der Waals surface area contributed by atoms with Crippen molar-refractivity contribution >= 4 is 6.09 Å². The van der Waals surface area contributed by atoms with Gasteiger partial charge in [0.15, 0.2) is 0 Å². The van der Waals surface area contributed by atoms with Gasteiger partial charge >= 0.3 is 6.09 Å². The predicted molar refractivity (Wildman–Crippen MR) is 88.0 cm³/mol. The van der Waals surface area contributed by atoms with Gasteiger partial charge in [0.2, 0.25) is 0 Å². The van der Waals surface area contributed by atoms with Gasteiger partial charge in [-0.1, -0.05) is 12.1 Å². The summed E-state index contributed by atoms with van der Waals surface area (Å²) in [6.07, 6.45) is 0.164. The van der Waals surface area contributed by atoms with E-state index in [1.54, 1.807) is 7.11 Å². The molecule has 9 nitrogen and oxygen atoms in total. The first-order valence-electron chi connectivity index (χ1n) is 7.99. The monoisotopic (exact) mass is 347 g/mol. The van der Waals surface area contributed by atoms with E-state index in [2.05, 4.69) is 26.0 Å². The average molecular weight is 347 g/mol. The van der Waals surface area contributed by atoms with Crippen LogP contribution < -0.4 is 15.4 Å². The number of amides is 1. The van der Waals surface area contributed by atoms with Crippen LogP contribution in [0.5, 0.6) is 5.75 Å². The van der Waals surface area contributed by atoms with Gasteiger partial charge in [0.25, 0.3) is 0 Å². The van der Waals surface area contributed by atoms with Crippen LogP contribution in [0.15, 0.2) is 30.5 Å². The Balaban J connectivity index is 1.55. The summed E-state index contributed by atoms with van der Waals surface area (Å²) in [5.74, 6) is 0.781. The first-order chi connectivity index (χ1) is 12.2. The second-order valence-corrected chi connectivity index (χ2v) is 5.82. The van der Waals surface area contributed by atoms with Crippen molar-refractivity contribution in [1.29, 1.82) is 0 Å². The summed E-state index contributed by atoms with van der Waals surface area (Å²) in [5, 5.41) is 25.9. The van der Waals surface area contributed by atoms with Crippen LogP contribution in [0.2, 0.25) is 0 Å². The summed E-state index contributed by atoms with van der Waals surface area (Å²) in [5.41, 5.74) is 1.65. The number of aliphatic hydroxyl groups excluding tert-OH is 1. The number of carbonyl (C=O) groups is 1. The molecule has 2 heterocycles. The third-order valence-corrected chi connectivity index (χ3v) is 4.10. The van der Waals surface area contributed by atoms with E-state index in [4.69, 9.17) is 9.47 Å². The van der Waals surface area contributed by atoms with Crippen LogP contribution in [0.4, 0.5) is 4.79 Å². The third-order valence-electron chi connectivity index (χ3n) is 4.10. The van der Waals surface area contributed by atoms with Crippen molar-refractivity contribution in [2.75, 3.05) is 13.7 Å². The maximum atomic E-state index is 12.0. The van der Waals surface area contributed by atoms with Crippen molar-refractivity contribution in [3.05, 3.63) is 41.7 Å². The molecule has 0 bridgehead atoms. The molecule has 4 N–H and O–H groups in total. The molecule has 3 atom stereocenters. The number of hydrogen-bond acceptors (Lipinski definition) is 7. The molecule has 1 aromatic carbocycles. The van der Waals surface area contributed by atoms with Crippen molar-refractivity contribution in [2.24, 2.45) is 0 Å². The van der Waals surface area contributed by atoms with Crippen molar-refractivity contribution in [2.45, 2.75) is 31.2 Å². The van der Waals surface area contributed by atoms with E-state index in [0.29, 0.717) is 18.7 Å². The lowest BCUT2D eigenvalue weighted by atomic mass is 10.0. The van der Waals surface area contributed by atoms with Crippen molar-refractivity contribution < 1.29 is 19.4 Å². The van der Waals surface area contributed by atoms with Gasteiger partial charge in [0.1, 0.15) is 23.7 Å². The fraction of sp³-hybridized carbons (Fsp3) is 0.438. The molecule has 0 saturated carbocycles. The summed E-state index contributed by atoms with van der Waals surface area (Å²) in [6, 6.07) is 7.49. The average Bonchev–Trinajstić information content (AvgIpc) is 3.26. The Morgan fingerprint density at radius 1 is 1.40 bits per heavy atom. The minimum Gasteiger partial charge on any atom is -0.497 e. The maximum Gasteiger partial charge on any atom is 0.407 e. The molecule has 0 aliphatic carbocycles. The van der Waals surface area contributed by atoms with E-state index in [1.165, 1.54) is 6.20 Å². The van der Waals surface area contributed by atoms with Crippen LogP contribution in [0.3, 0.4) is 0 Å². The number of nitrogens with zero attached hydrogens (tertiary/aromatic N) is 2. The highest BCUT2D eigenvalue weighted by Crippen LogP contribution is 2.19. The molecule has 1 fully saturated rings. The van der Waals surface area contributed by atoms with Gasteiger partial charge in [-0.15, -0.1) is 0 Å². The predicted octanol–water partition coefficient (Wildman–Crippen LogP) is -0.0165. The highest BCUT2D eigenvalue weighted by atomic mass is 16.6. The smallest absolute Gasteiger partial charge is 0.407 e. The summed E-state index contributed by atoms with van der Waals surface area (Å²) >= 11 is 0. The summed E-state index contributed by atoms with van der Waals surface area (Å²) in [6.45, 7) is 0.580. The highest BCUT2D eigenvalue weighted by molar-refractivity contribution is 5.67. The molecule has 0 unspecified atom stereocenters. The number of ether oxygens (including phenoxy) is 2. The van der Waals surface area contributed by atoms with E-state index in [1.807, 2.05) is 24.3 Å². The lowest BCUT2D eigenvalue weighted by Crippen LogP contribution is -2.41. The number of aromatic amines is 1. The van der Waals surface area contributed by atoms with Crippen molar-refractivity contribution in [3.8, 4) is 5.75 Å². The zero-order valence-electron chi connectivity index (χ0n) is 13.8. The van der Waals surface area contributed by atoms with Crippen LogP contribution in [-0.4, -0.2) is 58.5 Å². The number of β-amino-alcohol motifs (C(OH)–C–C–N with tert-alkyl or cyclic N) is 1. The zero-order chi connectivity index (χ0) is 17.6. The number of H-pyrrole nitrogens is 1. The van der Waals surface area contributed by atoms with Gasteiger partial charge in [-0.25, -0.2) is 4.79 Å². The number of aromatic nitrogens is 3. The topological polar surface area (TPSA) is 121 Å². The van der Waals surface area contributed by atoms with E-state index in [0.717, 1.165) is 11.3 Å². The normalized spacial score (nSPS) is 22.6. The van der Waals surface area contributed by atoms with Crippen LogP contribution >= 0.6 is 0 Å².